The highest BCUT2D eigenvalue weighted by atomic mass is 16.3. The lowest BCUT2D eigenvalue weighted by Gasteiger charge is -2.18. The van der Waals surface area contributed by atoms with Crippen LogP contribution in [0.15, 0.2) is 35.1 Å². The van der Waals surface area contributed by atoms with E-state index in [0.717, 1.165) is 30.8 Å². The van der Waals surface area contributed by atoms with Gasteiger partial charge in [-0.2, -0.15) is 0 Å². The number of likely N-dealkylation sites (N-methyl/N-ethyl adjacent to an activating group) is 1. The topological polar surface area (TPSA) is 38.1 Å². The van der Waals surface area contributed by atoms with Gasteiger partial charge in [-0.15, -0.1) is 0 Å². The average Bonchev–Trinajstić information content (AvgIpc) is 2.89. The number of hydrogen-bond acceptors (Lipinski definition) is 3. The van der Waals surface area contributed by atoms with Gasteiger partial charge < -0.3 is 9.73 Å². The maximum atomic E-state index is 5.55. The molecule has 0 aliphatic rings. The molecule has 3 heteroatoms. The Morgan fingerprint density at radius 3 is 2.84 bits per heavy atom. The van der Waals surface area contributed by atoms with Crippen molar-refractivity contribution in [1.29, 1.82) is 0 Å². The van der Waals surface area contributed by atoms with E-state index in [9.17, 15) is 0 Å². The summed E-state index contributed by atoms with van der Waals surface area (Å²) in [5.74, 6) is 1.07. The lowest BCUT2D eigenvalue weighted by atomic mass is 9.99. The second-order valence-electron chi connectivity index (χ2n) is 4.73. The summed E-state index contributed by atoms with van der Waals surface area (Å²) in [5.41, 5.74) is 3.65. The first kappa shape index (κ1) is 13.8. The van der Waals surface area contributed by atoms with Gasteiger partial charge in [0.2, 0.25) is 0 Å². The van der Waals surface area contributed by atoms with Crippen LogP contribution in [-0.2, 0) is 12.8 Å². The number of pyridine rings is 1. The smallest absolute Gasteiger partial charge is 0.108 e. The number of furan rings is 1. The number of rotatable bonds is 6. The Kier molecular flexibility index (Phi) is 4.74. The van der Waals surface area contributed by atoms with Crippen LogP contribution in [0.4, 0.5) is 0 Å². The fourth-order valence-electron chi connectivity index (χ4n) is 2.41. The van der Waals surface area contributed by atoms with Gasteiger partial charge in [-0.05, 0) is 31.2 Å². The van der Waals surface area contributed by atoms with Gasteiger partial charge in [0.25, 0.3) is 0 Å². The molecule has 1 unspecified atom stereocenters. The molecule has 0 fully saturated rings. The van der Waals surface area contributed by atoms with Gasteiger partial charge in [-0.25, -0.2) is 0 Å². The normalized spacial score (nSPS) is 12.6. The van der Waals surface area contributed by atoms with Gasteiger partial charge in [0.05, 0.1) is 6.26 Å². The Morgan fingerprint density at radius 1 is 1.32 bits per heavy atom. The number of aromatic nitrogens is 1. The van der Waals surface area contributed by atoms with E-state index in [1.54, 1.807) is 6.26 Å². The van der Waals surface area contributed by atoms with E-state index < -0.39 is 0 Å². The molecular weight excluding hydrogens is 236 g/mol. The second kappa shape index (κ2) is 6.53. The number of aryl methyl sites for hydroxylation is 2. The molecule has 2 rings (SSSR count). The minimum Gasteiger partial charge on any atom is -0.469 e. The largest absolute Gasteiger partial charge is 0.469 e. The van der Waals surface area contributed by atoms with Crippen LogP contribution in [0.2, 0.25) is 0 Å². The van der Waals surface area contributed by atoms with Crippen molar-refractivity contribution in [2.24, 2.45) is 0 Å². The minimum absolute atomic E-state index is 0.271. The molecule has 0 aromatic carbocycles. The molecule has 0 bridgehead atoms. The molecule has 2 aromatic rings. The SMILES string of the molecule is CCNC(Cc1ncccc1C)c1ccoc1CC. The van der Waals surface area contributed by atoms with Crippen LogP contribution >= 0.6 is 0 Å². The number of nitrogens with zero attached hydrogens (tertiary/aromatic N) is 1. The first-order valence-electron chi connectivity index (χ1n) is 6.96. The molecule has 0 spiro atoms. The van der Waals surface area contributed by atoms with E-state index in [-0.39, 0.29) is 6.04 Å². The Balaban J connectivity index is 2.24. The molecule has 0 saturated heterocycles. The zero-order valence-electron chi connectivity index (χ0n) is 11.9. The molecule has 2 aromatic heterocycles. The predicted octanol–water partition coefficient (Wildman–Crippen LogP) is 3.44. The van der Waals surface area contributed by atoms with E-state index in [1.165, 1.54) is 11.1 Å². The lowest BCUT2D eigenvalue weighted by molar-refractivity contribution is 0.485. The minimum atomic E-state index is 0.271. The molecule has 2 heterocycles. The summed E-state index contributed by atoms with van der Waals surface area (Å²) >= 11 is 0. The average molecular weight is 258 g/mol. The second-order valence-corrected chi connectivity index (χ2v) is 4.73. The van der Waals surface area contributed by atoms with Gasteiger partial charge in [0.1, 0.15) is 5.76 Å². The molecule has 0 aliphatic heterocycles. The first-order valence-corrected chi connectivity index (χ1v) is 6.96. The van der Waals surface area contributed by atoms with Gasteiger partial charge in [0, 0.05) is 36.3 Å². The van der Waals surface area contributed by atoms with Crippen LogP contribution in [0, 0.1) is 6.92 Å². The van der Waals surface area contributed by atoms with E-state index in [0.29, 0.717) is 0 Å². The van der Waals surface area contributed by atoms with Gasteiger partial charge in [-0.3, -0.25) is 4.98 Å². The molecule has 0 radical (unpaired) electrons. The fraction of sp³-hybridized carbons (Fsp3) is 0.438. The fourth-order valence-corrected chi connectivity index (χ4v) is 2.41. The maximum Gasteiger partial charge on any atom is 0.108 e. The van der Waals surface area contributed by atoms with Crippen molar-refractivity contribution in [3.63, 3.8) is 0 Å². The summed E-state index contributed by atoms with van der Waals surface area (Å²) in [5, 5.41) is 3.54. The molecule has 0 amide bonds. The highest BCUT2D eigenvalue weighted by molar-refractivity contribution is 5.26. The van der Waals surface area contributed by atoms with Crippen LogP contribution in [0.5, 0.6) is 0 Å². The summed E-state index contributed by atoms with van der Waals surface area (Å²) < 4.78 is 5.55. The van der Waals surface area contributed by atoms with Crippen molar-refractivity contribution in [1.82, 2.24) is 10.3 Å². The van der Waals surface area contributed by atoms with Crippen molar-refractivity contribution in [2.75, 3.05) is 6.54 Å². The van der Waals surface area contributed by atoms with Crippen LogP contribution in [-0.4, -0.2) is 11.5 Å². The summed E-state index contributed by atoms with van der Waals surface area (Å²) in [6.07, 6.45) is 5.46. The van der Waals surface area contributed by atoms with Crippen LogP contribution < -0.4 is 5.32 Å². The highest BCUT2D eigenvalue weighted by Crippen LogP contribution is 2.24. The van der Waals surface area contributed by atoms with Gasteiger partial charge in [0.15, 0.2) is 0 Å². The van der Waals surface area contributed by atoms with Crippen LogP contribution in [0.25, 0.3) is 0 Å². The third-order valence-corrected chi connectivity index (χ3v) is 3.44. The number of nitrogens with one attached hydrogen (secondary N) is 1. The van der Waals surface area contributed by atoms with Crippen molar-refractivity contribution in [3.8, 4) is 0 Å². The highest BCUT2D eigenvalue weighted by Gasteiger charge is 2.18. The standard InChI is InChI=1S/C16H22N2O/c1-4-16-13(8-10-19-16)15(17-5-2)11-14-12(3)7-6-9-18-14/h6-10,15,17H,4-5,11H2,1-3H3. The summed E-state index contributed by atoms with van der Waals surface area (Å²) in [6.45, 7) is 7.30. The van der Waals surface area contributed by atoms with Crippen LogP contribution in [0.1, 0.15) is 42.5 Å². The maximum absolute atomic E-state index is 5.55. The summed E-state index contributed by atoms with van der Waals surface area (Å²) in [6, 6.07) is 6.44. The van der Waals surface area contributed by atoms with Crippen LogP contribution in [0.3, 0.4) is 0 Å². The van der Waals surface area contributed by atoms with Crippen molar-refractivity contribution in [2.45, 2.75) is 39.7 Å². The van der Waals surface area contributed by atoms with E-state index >= 15 is 0 Å². The third-order valence-electron chi connectivity index (χ3n) is 3.44. The van der Waals surface area contributed by atoms with Crippen molar-refractivity contribution < 1.29 is 4.42 Å². The number of hydrogen-bond donors (Lipinski definition) is 1. The third kappa shape index (κ3) is 3.24. The summed E-state index contributed by atoms with van der Waals surface area (Å²) in [4.78, 5) is 4.50. The van der Waals surface area contributed by atoms with Crippen molar-refractivity contribution in [3.05, 3.63) is 53.2 Å². The molecule has 0 aliphatic carbocycles. The van der Waals surface area contributed by atoms with E-state index in [2.05, 4.69) is 43.2 Å². The molecule has 3 nitrogen and oxygen atoms in total. The zero-order chi connectivity index (χ0) is 13.7. The molecule has 0 saturated carbocycles. The Bertz CT molecular complexity index is 519. The quantitative estimate of drug-likeness (QED) is 0.862. The molecular formula is C16H22N2O. The monoisotopic (exact) mass is 258 g/mol. The zero-order valence-corrected chi connectivity index (χ0v) is 11.9. The van der Waals surface area contributed by atoms with E-state index in [4.69, 9.17) is 4.42 Å². The molecule has 1 N–H and O–H groups in total. The Morgan fingerprint density at radius 2 is 2.16 bits per heavy atom. The Labute approximate surface area is 115 Å². The predicted molar refractivity (Wildman–Crippen MR) is 77.2 cm³/mol. The van der Waals surface area contributed by atoms with Gasteiger partial charge in [-0.1, -0.05) is 19.9 Å². The molecule has 1 atom stereocenters. The van der Waals surface area contributed by atoms with Crippen molar-refractivity contribution >= 4 is 0 Å². The lowest BCUT2D eigenvalue weighted by Crippen LogP contribution is -2.24. The van der Waals surface area contributed by atoms with E-state index in [1.807, 2.05) is 12.3 Å². The Hall–Kier alpha value is -1.61. The molecule has 19 heavy (non-hydrogen) atoms. The first-order chi connectivity index (χ1) is 9.26. The summed E-state index contributed by atoms with van der Waals surface area (Å²) in [7, 11) is 0. The molecule has 102 valence electrons. The van der Waals surface area contributed by atoms with Gasteiger partial charge >= 0.3 is 0 Å².